The highest BCUT2D eigenvalue weighted by atomic mass is 19.4. The second kappa shape index (κ2) is 9.09. The molecular weight excluding hydrogens is 373 g/mol. The highest BCUT2D eigenvalue weighted by molar-refractivity contribution is 5.94. The molecule has 0 bridgehead atoms. The van der Waals surface area contributed by atoms with Crippen molar-refractivity contribution in [2.75, 3.05) is 19.8 Å². The molecule has 0 saturated heterocycles. The summed E-state index contributed by atoms with van der Waals surface area (Å²) in [5.41, 5.74) is 3.05. The van der Waals surface area contributed by atoms with E-state index in [0.29, 0.717) is 5.71 Å². The van der Waals surface area contributed by atoms with Crippen molar-refractivity contribution >= 4 is 11.6 Å². The highest BCUT2D eigenvalue weighted by Crippen LogP contribution is 2.29. The molecule has 2 aromatic rings. The normalized spacial score (nSPS) is 12.1. The van der Waals surface area contributed by atoms with Gasteiger partial charge in [-0.25, -0.2) is 5.48 Å². The SMILES string of the molecule is CC(CONC(=O)c1ccc(-c2noc(C(F)(F)F)n2)cc1)=NOCCO. The molecule has 1 aromatic heterocycles. The number of nitrogens with one attached hydrogen (secondary N) is 1. The monoisotopic (exact) mass is 388 g/mol. The Morgan fingerprint density at radius 2 is 2.04 bits per heavy atom. The molecule has 12 heteroatoms. The maximum absolute atomic E-state index is 12.5. The van der Waals surface area contributed by atoms with Gasteiger partial charge in [0.15, 0.2) is 0 Å². The summed E-state index contributed by atoms with van der Waals surface area (Å²) in [7, 11) is 0. The lowest BCUT2D eigenvalue weighted by atomic mass is 10.1. The highest BCUT2D eigenvalue weighted by Gasteiger charge is 2.38. The predicted octanol–water partition coefficient (Wildman–Crippen LogP) is 1.80. The van der Waals surface area contributed by atoms with E-state index in [9.17, 15) is 18.0 Å². The van der Waals surface area contributed by atoms with Crippen molar-refractivity contribution in [3.8, 4) is 11.4 Å². The summed E-state index contributed by atoms with van der Waals surface area (Å²) >= 11 is 0. The van der Waals surface area contributed by atoms with Gasteiger partial charge in [-0.15, -0.1) is 0 Å². The van der Waals surface area contributed by atoms with Crippen molar-refractivity contribution in [3.63, 3.8) is 0 Å². The first kappa shape index (κ1) is 20.3. The Kier molecular flexibility index (Phi) is 6.85. The lowest BCUT2D eigenvalue weighted by Crippen LogP contribution is -2.26. The van der Waals surface area contributed by atoms with Gasteiger partial charge in [-0.05, 0) is 19.1 Å². The summed E-state index contributed by atoms with van der Waals surface area (Å²) < 4.78 is 41.5. The minimum atomic E-state index is -4.73. The Hall–Kier alpha value is -2.99. The van der Waals surface area contributed by atoms with E-state index >= 15 is 0 Å². The third-order valence-corrected chi connectivity index (χ3v) is 2.92. The van der Waals surface area contributed by atoms with E-state index in [4.69, 9.17) is 14.8 Å². The zero-order valence-corrected chi connectivity index (χ0v) is 14.0. The standard InChI is InChI=1S/C15H15F3N4O5/c1-9(20-25-7-6-23)8-26-22-13(24)11-4-2-10(3-5-11)12-19-14(27-21-12)15(16,17)18/h2-5,23H,6-8H2,1H3,(H,22,24). The molecule has 146 valence electrons. The zero-order valence-electron chi connectivity index (χ0n) is 14.0. The first-order valence-electron chi connectivity index (χ1n) is 7.51. The summed E-state index contributed by atoms with van der Waals surface area (Å²) in [4.78, 5) is 24.9. The number of rotatable bonds is 8. The largest absolute Gasteiger partial charge is 0.471 e. The number of benzene rings is 1. The van der Waals surface area contributed by atoms with Crippen LogP contribution in [-0.4, -0.2) is 46.7 Å². The van der Waals surface area contributed by atoms with E-state index in [0.717, 1.165) is 0 Å². The van der Waals surface area contributed by atoms with Crippen LogP contribution in [0.25, 0.3) is 11.4 Å². The third kappa shape index (κ3) is 6.04. The molecule has 2 rings (SSSR count). The van der Waals surface area contributed by atoms with Crippen molar-refractivity contribution in [1.82, 2.24) is 15.6 Å². The van der Waals surface area contributed by atoms with E-state index in [1.54, 1.807) is 6.92 Å². The van der Waals surface area contributed by atoms with Crippen molar-refractivity contribution in [2.24, 2.45) is 5.16 Å². The maximum atomic E-state index is 12.5. The van der Waals surface area contributed by atoms with Crippen LogP contribution in [0, 0.1) is 0 Å². The molecule has 0 radical (unpaired) electrons. The van der Waals surface area contributed by atoms with Crippen molar-refractivity contribution in [1.29, 1.82) is 0 Å². The quantitative estimate of drug-likeness (QED) is 0.402. The van der Waals surface area contributed by atoms with E-state index in [2.05, 4.69) is 25.3 Å². The average molecular weight is 388 g/mol. The fourth-order valence-electron chi connectivity index (χ4n) is 1.71. The average Bonchev–Trinajstić information content (AvgIpc) is 3.12. The van der Waals surface area contributed by atoms with Crippen molar-refractivity contribution in [2.45, 2.75) is 13.1 Å². The molecule has 0 aliphatic heterocycles. The van der Waals surface area contributed by atoms with Crippen LogP contribution in [0.4, 0.5) is 13.2 Å². The second-order valence-electron chi connectivity index (χ2n) is 5.10. The second-order valence-corrected chi connectivity index (χ2v) is 5.10. The first-order valence-corrected chi connectivity index (χ1v) is 7.51. The van der Waals surface area contributed by atoms with Gasteiger partial charge in [0.25, 0.3) is 5.91 Å². The van der Waals surface area contributed by atoms with Crippen LogP contribution in [0.15, 0.2) is 33.9 Å². The minimum absolute atomic E-state index is 0.0425. The molecule has 0 fully saturated rings. The van der Waals surface area contributed by atoms with Crippen molar-refractivity contribution < 1.29 is 37.3 Å². The number of carbonyl (C=O) groups excluding carboxylic acids is 1. The van der Waals surface area contributed by atoms with Gasteiger partial charge >= 0.3 is 12.1 Å². The van der Waals surface area contributed by atoms with Crippen LogP contribution in [0.3, 0.4) is 0 Å². The van der Waals surface area contributed by atoms with E-state index in [1.165, 1.54) is 24.3 Å². The minimum Gasteiger partial charge on any atom is -0.393 e. The van der Waals surface area contributed by atoms with Gasteiger partial charge in [-0.1, -0.05) is 22.4 Å². The number of nitrogens with zero attached hydrogens (tertiary/aromatic N) is 3. The van der Waals surface area contributed by atoms with Crippen molar-refractivity contribution in [3.05, 3.63) is 35.7 Å². The number of alkyl halides is 3. The number of aliphatic hydroxyl groups is 1. The fourth-order valence-corrected chi connectivity index (χ4v) is 1.71. The Labute approximate surface area is 150 Å². The molecule has 27 heavy (non-hydrogen) atoms. The predicted molar refractivity (Wildman–Crippen MR) is 84.3 cm³/mol. The smallest absolute Gasteiger partial charge is 0.393 e. The van der Waals surface area contributed by atoms with Gasteiger partial charge in [0.05, 0.1) is 12.3 Å². The molecule has 0 aliphatic carbocycles. The topological polar surface area (TPSA) is 119 Å². The molecule has 0 unspecified atom stereocenters. The number of hydrogen-bond donors (Lipinski definition) is 2. The molecule has 1 heterocycles. The number of aliphatic hydroxyl groups excluding tert-OH is 1. The van der Waals surface area contributed by atoms with Gasteiger partial charge in [-0.3, -0.25) is 9.63 Å². The molecule has 0 aliphatic rings. The van der Waals surface area contributed by atoms with Gasteiger partial charge < -0.3 is 14.5 Å². The Bertz CT molecular complexity index is 789. The van der Waals surface area contributed by atoms with Gasteiger partial charge in [0, 0.05) is 11.1 Å². The molecular formula is C15H15F3N4O5. The Morgan fingerprint density at radius 3 is 2.63 bits per heavy atom. The van der Waals surface area contributed by atoms with Crippen LogP contribution >= 0.6 is 0 Å². The molecule has 1 amide bonds. The number of hydroxylamine groups is 1. The van der Waals surface area contributed by atoms with Crippen LogP contribution in [0.5, 0.6) is 0 Å². The Balaban J connectivity index is 1.90. The molecule has 0 spiro atoms. The number of amides is 1. The van der Waals surface area contributed by atoms with Crippen LogP contribution < -0.4 is 5.48 Å². The first-order chi connectivity index (χ1) is 12.8. The summed E-state index contributed by atoms with van der Waals surface area (Å²) in [5, 5.41) is 15.4. The number of halogens is 3. The number of hydrogen-bond acceptors (Lipinski definition) is 8. The fraction of sp³-hybridized carbons (Fsp3) is 0.333. The van der Waals surface area contributed by atoms with Crippen LogP contribution in [0.1, 0.15) is 23.2 Å². The molecule has 2 N–H and O–H groups in total. The molecule has 1 aromatic carbocycles. The maximum Gasteiger partial charge on any atom is 0.471 e. The zero-order chi connectivity index (χ0) is 19.9. The summed E-state index contributed by atoms with van der Waals surface area (Å²) in [5.74, 6) is -2.28. The number of oxime groups is 1. The van der Waals surface area contributed by atoms with E-state index in [1.807, 2.05) is 0 Å². The van der Waals surface area contributed by atoms with E-state index < -0.39 is 18.0 Å². The Morgan fingerprint density at radius 1 is 1.33 bits per heavy atom. The lowest BCUT2D eigenvalue weighted by Gasteiger charge is -2.06. The van der Waals surface area contributed by atoms with Gasteiger partial charge in [0.2, 0.25) is 5.82 Å². The van der Waals surface area contributed by atoms with Crippen LogP contribution in [0.2, 0.25) is 0 Å². The molecule has 0 saturated carbocycles. The van der Waals surface area contributed by atoms with Gasteiger partial charge in [-0.2, -0.15) is 18.2 Å². The lowest BCUT2D eigenvalue weighted by molar-refractivity contribution is -0.159. The summed E-state index contributed by atoms with van der Waals surface area (Å²) in [6.07, 6.45) is -4.73. The molecule has 0 atom stereocenters. The summed E-state index contributed by atoms with van der Waals surface area (Å²) in [6.45, 7) is 1.42. The molecule has 9 nitrogen and oxygen atoms in total. The van der Waals surface area contributed by atoms with Gasteiger partial charge in [0.1, 0.15) is 13.2 Å². The third-order valence-electron chi connectivity index (χ3n) is 2.92. The number of aromatic nitrogens is 2. The number of carbonyl (C=O) groups is 1. The summed E-state index contributed by atoms with van der Waals surface area (Å²) in [6, 6.07) is 5.47. The van der Waals surface area contributed by atoms with Crippen LogP contribution in [-0.2, 0) is 15.9 Å². The van der Waals surface area contributed by atoms with E-state index in [-0.39, 0.29) is 36.8 Å².